The Hall–Kier alpha value is -3.15. The van der Waals surface area contributed by atoms with Crippen molar-refractivity contribution in [3.63, 3.8) is 0 Å². The van der Waals surface area contributed by atoms with Crippen LogP contribution in [0.15, 0.2) is 59.8 Å². The van der Waals surface area contributed by atoms with Crippen molar-refractivity contribution in [2.24, 2.45) is 0 Å². The van der Waals surface area contributed by atoms with Crippen molar-refractivity contribution in [1.29, 1.82) is 5.26 Å². The number of anilines is 1. The van der Waals surface area contributed by atoms with Gasteiger partial charge in [0.25, 0.3) is 0 Å². The molecule has 164 valence electrons. The minimum absolute atomic E-state index is 0.173. The summed E-state index contributed by atoms with van der Waals surface area (Å²) < 4.78 is 2.12. The number of likely N-dealkylation sites (tertiary alicyclic amines) is 1. The van der Waals surface area contributed by atoms with Crippen LogP contribution < -0.4 is 5.32 Å². The summed E-state index contributed by atoms with van der Waals surface area (Å²) in [6, 6.07) is 19.3. The lowest BCUT2D eigenvalue weighted by Gasteiger charge is -2.17. The Morgan fingerprint density at radius 2 is 1.81 bits per heavy atom. The number of nitrogens with one attached hydrogen (secondary N) is 1. The number of aromatic nitrogens is 3. The summed E-state index contributed by atoms with van der Waals surface area (Å²) in [7, 11) is 0. The maximum absolute atomic E-state index is 12.8. The van der Waals surface area contributed by atoms with Gasteiger partial charge in [-0.05, 0) is 50.6 Å². The molecule has 1 aliphatic heterocycles. The molecule has 8 heteroatoms. The number of rotatable bonds is 8. The van der Waals surface area contributed by atoms with E-state index in [1.807, 2.05) is 25.1 Å². The number of amides is 1. The Bertz CT molecular complexity index is 1100. The monoisotopic (exact) mass is 446 g/mol. The lowest BCUT2D eigenvalue weighted by molar-refractivity contribution is -0.115. The zero-order valence-electron chi connectivity index (χ0n) is 18.1. The van der Waals surface area contributed by atoms with E-state index in [4.69, 9.17) is 0 Å². The highest BCUT2D eigenvalue weighted by Gasteiger charge is 2.23. The number of para-hydroxylation sites is 1. The van der Waals surface area contributed by atoms with E-state index in [1.54, 1.807) is 24.3 Å². The van der Waals surface area contributed by atoms with Crippen LogP contribution in [0.2, 0.25) is 0 Å². The molecular formula is C24H26N6OS. The summed E-state index contributed by atoms with van der Waals surface area (Å²) in [6.07, 6.45) is 2.44. The normalized spacial score (nSPS) is 14.8. The van der Waals surface area contributed by atoms with Crippen molar-refractivity contribution in [2.75, 3.05) is 18.4 Å². The van der Waals surface area contributed by atoms with Gasteiger partial charge in [-0.3, -0.25) is 9.69 Å². The van der Waals surface area contributed by atoms with Crippen molar-refractivity contribution in [2.45, 2.75) is 43.3 Å². The number of carbonyl (C=O) groups excluding carboxylic acids is 1. The highest BCUT2D eigenvalue weighted by atomic mass is 32.2. The molecule has 1 atom stereocenters. The zero-order valence-corrected chi connectivity index (χ0v) is 18.9. The molecule has 1 amide bonds. The van der Waals surface area contributed by atoms with Crippen molar-refractivity contribution in [3.8, 4) is 6.07 Å². The van der Waals surface area contributed by atoms with E-state index in [0.717, 1.165) is 36.2 Å². The third-order valence-electron chi connectivity index (χ3n) is 5.50. The van der Waals surface area contributed by atoms with Crippen molar-refractivity contribution >= 4 is 23.4 Å². The lowest BCUT2D eigenvalue weighted by Crippen LogP contribution is -2.24. The number of hydrogen-bond acceptors (Lipinski definition) is 6. The maximum Gasteiger partial charge on any atom is 0.237 e. The molecular weight excluding hydrogens is 420 g/mol. The largest absolute Gasteiger partial charge is 0.324 e. The molecule has 0 radical (unpaired) electrons. The maximum atomic E-state index is 12.8. The summed E-state index contributed by atoms with van der Waals surface area (Å²) >= 11 is 1.38. The number of nitriles is 1. The smallest absolute Gasteiger partial charge is 0.237 e. The molecule has 0 aliphatic carbocycles. The Morgan fingerprint density at radius 1 is 1.09 bits per heavy atom. The number of hydrogen-bond donors (Lipinski definition) is 1. The minimum Gasteiger partial charge on any atom is -0.324 e. The molecule has 1 saturated heterocycles. The van der Waals surface area contributed by atoms with Crippen LogP contribution >= 0.6 is 11.8 Å². The SMILES string of the molecule is C[C@@H](Sc1nnc(CN2CCCC2)n1Cc1ccccc1)C(=O)Nc1ccccc1C#N. The van der Waals surface area contributed by atoms with Gasteiger partial charge >= 0.3 is 0 Å². The van der Waals surface area contributed by atoms with E-state index in [2.05, 4.69) is 43.2 Å². The predicted molar refractivity (Wildman–Crippen MR) is 125 cm³/mol. The fourth-order valence-corrected chi connectivity index (χ4v) is 4.59. The molecule has 1 N–H and O–H groups in total. The molecule has 0 spiro atoms. The van der Waals surface area contributed by atoms with E-state index >= 15 is 0 Å². The molecule has 1 aromatic heterocycles. The van der Waals surface area contributed by atoms with Crippen molar-refractivity contribution in [1.82, 2.24) is 19.7 Å². The van der Waals surface area contributed by atoms with Crippen LogP contribution in [0.4, 0.5) is 5.69 Å². The second kappa shape index (κ2) is 10.4. The first-order valence-corrected chi connectivity index (χ1v) is 11.7. The van der Waals surface area contributed by atoms with E-state index in [-0.39, 0.29) is 5.91 Å². The van der Waals surface area contributed by atoms with Gasteiger partial charge in [0.2, 0.25) is 5.91 Å². The van der Waals surface area contributed by atoms with E-state index in [0.29, 0.717) is 17.8 Å². The summed E-state index contributed by atoms with van der Waals surface area (Å²) in [5.41, 5.74) is 2.13. The van der Waals surface area contributed by atoms with Gasteiger partial charge in [-0.2, -0.15) is 5.26 Å². The fraction of sp³-hybridized carbons (Fsp3) is 0.333. The van der Waals surface area contributed by atoms with Crippen LogP contribution in [0.25, 0.3) is 0 Å². The van der Waals surface area contributed by atoms with Crippen LogP contribution in [0.3, 0.4) is 0 Å². The number of thioether (sulfide) groups is 1. The average Bonchev–Trinajstić information content (AvgIpc) is 3.46. The molecule has 32 heavy (non-hydrogen) atoms. The van der Waals surface area contributed by atoms with Gasteiger partial charge in [0, 0.05) is 0 Å². The van der Waals surface area contributed by atoms with Crippen LogP contribution in [0.5, 0.6) is 0 Å². The second-order valence-corrected chi connectivity index (χ2v) is 9.17. The highest BCUT2D eigenvalue weighted by Crippen LogP contribution is 2.26. The number of nitrogens with zero attached hydrogens (tertiary/aromatic N) is 5. The molecule has 4 rings (SSSR count). The van der Waals surface area contributed by atoms with Gasteiger partial charge in [-0.15, -0.1) is 10.2 Å². The molecule has 1 aliphatic rings. The van der Waals surface area contributed by atoms with E-state index < -0.39 is 5.25 Å². The zero-order chi connectivity index (χ0) is 22.3. The Morgan fingerprint density at radius 3 is 2.56 bits per heavy atom. The van der Waals surface area contributed by atoms with Crippen LogP contribution in [-0.2, 0) is 17.9 Å². The van der Waals surface area contributed by atoms with Crippen molar-refractivity contribution < 1.29 is 4.79 Å². The predicted octanol–water partition coefficient (Wildman–Crippen LogP) is 3.91. The third-order valence-corrected chi connectivity index (χ3v) is 6.58. The molecule has 0 bridgehead atoms. The first-order chi connectivity index (χ1) is 15.6. The molecule has 1 fully saturated rings. The molecule has 0 saturated carbocycles. The van der Waals surface area contributed by atoms with Crippen LogP contribution in [-0.4, -0.2) is 43.9 Å². The van der Waals surface area contributed by atoms with Crippen molar-refractivity contribution in [3.05, 3.63) is 71.5 Å². The van der Waals surface area contributed by atoms with Gasteiger partial charge in [-0.1, -0.05) is 54.2 Å². The summed E-state index contributed by atoms with van der Waals surface area (Å²) in [5.74, 6) is 0.744. The number of benzene rings is 2. The fourth-order valence-electron chi connectivity index (χ4n) is 3.72. The van der Waals surface area contributed by atoms with Gasteiger partial charge in [0.05, 0.1) is 29.6 Å². The van der Waals surface area contributed by atoms with Gasteiger partial charge in [0.15, 0.2) is 5.16 Å². The summed E-state index contributed by atoms with van der Waals surface area (Å²) in [6.45, 7) is 5.42. The number of carbonyl (C=O) groups is 1. The summed E-state index contributed by atoms with van der Waals surface area (Å²) in [4.78, 5) is 15.2. The topological polar surface area (TPSA) is 86.8 Å². The van der Waals surface area contributed by atoms with Gasteiger partial charge in [-0.25, -0.2) is 0 Å². The molecule has 3 aromatic rings. The van der Waals surface area contributed by atoms with Crippen LogP contribution in [0, 0.1) is 11.3 Å². The van der Waals surface area contributed by atoms with Gasteiger partial charge in [0.1, 0.15) is 11.9 Å². The molecule has 0 unspecified atom stereocenters. The highest BCUT2D eigenvalue weighted by molar-refractivity contribution is 8.00. The summed E-state index contributed by atoms with van der Waals surface area (Å²) in [5, 5.41) is 21.4. The minimum atomic E-state index is -0.403. The molecule has 2 aromatic carbocycles. The first kappa shape index (κ1) is 22.1. The standard InChI is InChI=1S/C24H26N6OS/c1-18(23(31)26-21-12-6-5-11-20(21)15-25)32-24-28-27-22(17-29-13-7-8-14-29)30(24)16-19-9-3-2-4-10-19/h2-6,9-12,18H,7-8,13-14,16-17H2,1H3,(H,26,31)/t18-/m1/s1. The third kappa shape index (κ3) is 5.36. The Labute approximate surface area is 192 Å². The molecule has 2 heterocycles. The Kier molecular flexibility index (Phi) is 7.20. The lowest BCUT2D eigenvalue weighted by atomic mass is 10.2. The average molecular weight is 447 g/mol. The van der Waals surface area contributed by atoms with Gasteiger partial charge < -0.3 is 9.88 Å². The van der Waals surface area contributed by atoms with Crippen LogP contribution in [0.1, 0.15) is 36.7 Å². The Balaban J connectivity index is 1.52. The van der Waals surface area contributed by atoms with E-state index in [1.165, 1.54) is 24.6 Å². The quantitative estimate of drug-likeness (QED) is 0.528. The second-order valence-electron chi connectivity index (χ2n) is 7.86. The first-order valence-electron chi connectivity index (χ1n) is 10.8. The molecule has 7 nitrogen and oxygen atoms in total. The van der Waals surface area contributed by atoms with E-state index in [9.17, 15) is 10.1 Å².